The molecule has 0 radical (unpaired) electrons. The lowest BCUT2D eigenvalue weighted by atomic mass is 10.3. The Morgan fingerprint density at radius 2 is 1.93 bits per heavy atom. The van der Waals surface area contributed by atoms with E-state index in [4.69, 9.17) is 9.05 Å². The van der Waals surface area contributed by atoms with Gasteiger partial charge in [-0.3, -0.25) is 4.57 Å². The maximum Gasteiger partial charge on any atom is 0.361 e. The van der Waals surface area contributed by atoms with Gasteiger partial charge in [-0.15, -0.1) is 0 Å². The molecule has 4 heteroatoms. The van der Waals surface area contributed by atoms with Crippen molar-refractivity contribution in [2.45, 2.75) is 26.4 Å². The van der Waals surface area contributed by atoms with Gasteiger partial charge in [0.15, 0.2) is 0 Å². The van der Waals surface area contributed by atoms with Gasteiger partial charge < -0.3 is 9.05 Å². The van der Waals surface area contributed by atoms with E-state index in [1.54, 1.807) is 12.1 Å². The van der Waals surface area contributed by atoms with Gasteiger partial charge in [0.25, 0.3) is 0 Å². The van der Waals surface area contributed by atoms with Gasteiger partial charge in [0.05, 0.1) is 11.4 Å². The lowest BCUT2D eigenvalue weighted by Crippen LogP contribution is -2.14. The van der Waals surface area contributed by atoms with E-state index in [0.717, 1.165) is 6.42 Å². The molecular formula is C11H17O3P. The summed E-state index contributed by atoms with van der Waals surface area (Å²) in [7, 11) is -1.71. The van der Waals surface area contributed by atoms with Crippen LogP contribution in [0.4, 0.5) is 0 Å². The van der Waals surface area contributed by atoms with Gasteiger partial charge in [-0.1, -0.05) is 25.1 Å². The second-order valence-electron chi connectivity index (χ2n) is 3.34. The standard InChI is InChI=1S/C11H17O3P/c1-4-10(2)14-15(12,13-3)11-8-6-5-7-9-11/h5-10H,4H2,1-3H3. The summed E-state index contributed by atoms with van der Waals surface area (Å²) in [5.41, 5.74) is 0. The van der Waals surface area contributed by atoms with Crippen LogP contribution in [0.3, 0.4) is 0 Å². The molecule has 1 aromatic rings. The summed E-state index contributed by atoms with van der Waals surface area (Å²) in [6.45, 7) is 3.87. The first-order chi connectivity index (χ1) is 7.12. The van der Waals surface area contributed by atoms with Gasteiger partial charge >= 0.3 is 7.60 Å². The Morgan fingerprint density at radius 1 is 1.33 bits per heavy atom. The van der Waals surface area contributed by atoms with Gasteiger partial charge in [0.2, 0.25) is 0 Å². The fourth-order valence-electron chi connectivity index (χ4n) is 1.13. The molecule has 3 nitrogen and oxygen atoms in total. The van der Waals surface area contributed by atoms with Gasteiger partial charge in [0.1, 0.15) is 0 Å². The van der Waals surface area contributed by atoms with E-state index in [-0.39, 0.29) is 6.10 Å². The fraction of sp³-hybridized carbons (Fsp3) is 0.455. The normalized spacial score (nSPS) is 17.0. The molecule has 1 aromatic carbocycles. The van der Waals surface area contributed by atoms with Crippen LogP contribution >= 0.6 is 7.60 Å². The van der Waals surface area contributed by atoms with Crippen molar-refractivity contribution < 1.29 is 13.6 Å². The minimum atomic E-state index is -3.13. The molecule has 0 bridgehead atoms. The van der Waals surface area contributed by atoms with E-state index < -0.39 is 7.60 Å². The first-order valence-corrected chi connectivity index (χ1v) is 6.56. The first-order valence-electron chi connectivity index (χ1n) is 5.02. The highest BCUT2D eigenvalue weighted by Gasteiger charge is 2.27. The Balaban J connectivity index is 2.91. The zero-order chi connectivity index (χ0) is 11.3. The lowest BCUT2D eigenvalue weighted by molar-refractivity contribution is 0.178. The van der Waals surface area contributed by atoms with E-state index in [9.17, 15) is 4.57 Å². The molecule has 0 aliphatic rings. The highest BCUT2D eigenvalue weighted by Crippen LogP contribution is 2.47. The van der Waals surface area contributed by atoms with Crippen LogP contribution < -0.4 is 5.30 Å². The van der Waals surface area contributed by atoms with Gasteiger partial charge in [-0.2, -0.15) is 0 Å². The fourth-order valence-corrected chi connectivity index (χ4v) is 2.71. The van der Waals surface area contributed by atoms with Crippen molar-refractivity contribution >= 4 is 12.9 Å². The van der Waals surface area contributed by atoms with E-state index in [1.165, 1.54) is 7.11 Å². The quantitative estimate of drug-likeness (QED) is 0.727. The monoisotopic (exact) mass is 228 g/mol. The summed E-state index contributed by atoms with van der Waals surface area (Å²) in [5, 5.41) is 0.604. The van der Waals surface area contributed by atoms with Gasteiger partial charge in [-0.25, -0.2) is 0 Å². The molecule has 0 aliphatic carbocycles. The predicted molar refractivity (Wildman–Crippen MR) is 61.5 cm³/mol. The Labute approximate surface area is 90.9 Å². The maximum atomic E-state index is 12.3. The largest absolute Gasteiger partial charge is 0.361 e. The summed E-state index contributed by atoms with van der Waals surface area (Å²) in [6, 6.07) is 9.02. The van der Waals surface area contributed by atoms with Crippen molar-refractivity contribution in [1.29, 1.82) is 0 Å². The van der Waals surface area contributed by atoms with Gasteiger partial charge in [0, 0.05) is 7.11 Å². The average molecular weight is 228 g/mol. The molecule has 2 atom stereocenters. The summed E-state index contributed by atoms with van der Waals surface area (Å²) in [6.07, 6.45) is 0.733. The average Bonchev–Trinajstić information content (AvgIpc) is 2.30. The highest BCUT2D eigenvalue weighted by molar-refractivity contribution is 7.62. The minimum Gasteiger partial charge on any atom is -0.309 e. The molecule has 0 amide bonds. The molecule has 15 heavy (non-hydrogen) atoms. The van der Waals surface area contributed by atoms with Crippen molar-refractivity contribution in [1.82, 2.24) is 0 Å². The number of hydrogen-bond donors (Lipinski definition) is 0. The third kappa shape index (κ3) is 3.16. The number of rotatable bonds is 5. The van der Waals surface area contributed by atoms with Crippen LogP contribution in [-0.4, -0.2) is 13.2 Å². The van der Waals surface area contributed by atoms with Crippen LogP contribution in [0.5, 0.6) is 0 Å². The zero-order valence-electron chi connectivity index (χ0n) is 9.34. The van der Waals surface area contributed by atoms with Crippen molar-refractivity contribution in [2.75, 3.05) is 7.11 Å². The summed E-state index contributed by atoms with van der Waals surface area (Å²) >= 11 is 0. The van der Waals surface area contributed by atoms with Crippen LogP contribution in [0, 0.1) is 0 Å². The molecule has 0 heterocycles. The van der Waals surface area contributed by atoms with Crippen molar-refractivity contribution in [3.63, 3.8) is 0 Å². The maximum absolute atomic E-state index is 12.3. The number of benzene rings is 1. The van der Waals surface area contributed by atoms with Crippen molar-refractivity contribution in [3.05, 3.63) is 30.3 Å². The van der Waals surface area contributed by atoms with E-state index >= 15 is 0 Å². The van der Waals surface area contributed by atoms with Crippen LogP contribution in [0.15, 0.2) is 30.3 Å². The molecule has 84 valence electrons. The molecule has 0 fully saturated rings. The Morgan fingerprint density at radius 3 is 2.40 bits per heavy atom. The highest BCUT2D eigenvalue weighted by atomic mass is 31.2. The minimum absolute atomic E-state index is 0.0732. The molecule has 1 rings (SSSR count). The Bertz CT molecular complexity index is 337. The molecule has 2 unspecified atom stereocenters. The Hall–Kier alpha value is -0.630. The molecule has 0 N–H and O–H groups in total. The number of hydrogen-bond acceptors (Lipinski definition) is 3. The zero-order valence-corrected chi connectivity index (χ0v) is 10.2. The smallest absolute Gasteiger partial charge is 0.309 e. The molecule has 0 spiro atoms. The van der Waals surface area contributed by atoms with E-state index in [0.29, 0.717) is 5.30 Å². The molecular weight excluding hydrogens is 211 g/mol. The van der Waals surface area contributed by atoms with Crippen LogP contribution in [0.25, 0.3) is 0 Å². The molecule has 0 saturated heterocycles. The first kappa shape index (κ1) is 12.4. The van der Waals surface area contributed by atoms with E-state index in [1.807, 2.05) is 32.0 Å². The van der Waals surface area contributed by atoms with Crippen LogP contribution in [0.2, 0.25) is 0 Å². The summed E-state index contributed by atoms with van der Waals surface area (Å²) in [5.74, 6) is 0. The van der Waals surface area contributed by atoms with Crippen molar-refractivity contribution in [3.8, 4) is 0 Å². The second kappa shape index (κ2) is 5.45. The molecule has 0 saturated carbocycles. The third-order valence-corrected chi connectivity index (χ3v) is 4.26. The van der Waals surface area contributed by atoms with Crippen LogP contribution in [-0.2, 0) is 13.6 Å². The summed E-state index contributed by atoms with van der Waals surface area (Å²) in [4.78, 5) is 0. The van der Waals surface area contributed by atoms with Crippen molar-refractivity contribution in [2.24, 2.45) is 0 Å². The SMILES string of the molecule is CCC(C)OP(=O)(OC)c1ccccc1. The summed E-state index contributed by atoms with van der Waals surface area (Å²) < 4.78 is 22.8. The second-order valence-corrected chi connectivity index (χ2v) is 5.43. The molecule has 0 aromatic heterocycles. The lowest BCUT2D eigenvalue weighted by Gasteiger charge is -2.20. The van der Waals surface area contributed by atoms with Gasteiger partial charge in [-0.05, 0) is 25.5 Å². The Kier molecular flexibility index (Phi) is 4.52. The topological polar surface area (TPSA) is 35.5 Å². The predicted octanol–water partition coefficient (Wildman–Crippen LogP) is 2.97. The third-order valence-electron chi connectivity index (χ3n) is 2.21. The molecule has 0 aliphatic heterocycles. The van der Waals surface area contributed by atoms with E-state index in [2.05, 4.69) is 0 Å². The van der Waals surface area contributed by atoms with Crippen LogP contribution in [0.1, 0.15) is 20.3 Å².